The van der Waals surface area contributed by atoms with Crippen LogP contribution in [-0.2, 0) is 6.42 Å². The molecule has 0 radical (unpaired) electrons. The molecule has 1 aliphatic heterocycles. The van der Waals surface area contributed by atoms with E-state index in [0.717, 1.165) is 31.5 Å². The molecule has 2 aromatic rings. The summed E-state index contributed by atoms with van der Waals surface area (Å²) in [5.74, 6) is -1.00. The molecular formula is C13H13F2N3O. The third-order valence-electron chi connectivity index (χ3n) is 3.23. The molecule has 19 heavy (non-hydrogen) atoms. The first-order chi connectivity index (χ1) is 9.22. The average molecular weight is 265 g/mol. The molecule has 1 aromatic heterocycles. The van der Waals surface area contributed by atoms with Gasteiger partial charge in [-0.05, 0) is 37.6 Å². The van der Waals surface area contributed by atoms with E-state index in [1.807, 2.05) is 0 Å². The highest BCUT2D eigenvalue weighted by molar-refractivity contribution is 5.54. The van der Waals surface area contributed by atoms with Crippen molar-refractivity contribution in [3.63, 3.8) is 0 Å². The minimum absolute atomic E-state index is 0.284. The predicted octanol–water partition coefficient (Wildman–Crippen LogP) is 2.31. The van der Waals surface area contributed by atoms with E-state index >= 15 is 0 Å². The van der Waals surface area contributed by atoms with Crippen LogP contribution >= 0.6 is 0 Å². The number of hydrogen-bond acceptors (Lipinski definition) is 4. The zero-order chi connectivity index (χ0) is 13.2. The van der Waals surface area contributed by atoms with Crippen molar-refractivity contribution in [3.05, 3.63) is 35.7 Å². The van der Waals surface area contributed by atoms with Crippen LogP contribution in [-0.4, -0.2) is 22.7 Å². The molecule has 0 amide bonds. The van der Waals surface area contributed by atoms with Gasteiger partial charge in [-0.25, -0.2) is 8.78 Å². The summed E-state index contributed by atoms with van der Waals surface area (Å²) < 4.78 is 31.1. The molecule has 6 heteroatoms. The van der Waals surface area contributed by atoms with E-state index in [1.54, 1.807) is 0 Å². The summed E-state index contributed by atoms with van der Waals surface area (Å²) in [7, 11) is 0. The molecule has 3 rings (SSSR count). The topological polar surface area (TPSA) is 51.0 Å². The Balaban J connectivity index is 1.78. The number of rotatable bonds is 3. The second-order valence-corrected chi connectivity index (χ2v) is 4.64. The van der Waals surface area contributed by atoms with Crippen molar-refractivity contribution in [2.24, 2.45) is 0 Å². The van der Waals surface area contributed by atoms with Crippen LogP contribution in [0.15, 0.2) is 22.7 Å². The Hall–Kier alpha value is -1.82. The van der Waals surface area contributed by atoms with Crippen molar-refractivity contribution < 1.29 is 13.3 Å². The number of hydrogen-bond donors (Lipinski definition) is 1. The van der Waals surface area contributed by atoms with Gasteiger partial charge < -0.3 is 9.84 Å². The van der Waals surface area contributed by atoms with E-state index in [1.165, 1.54) is 6.07 Å². The van der Waals surface area contributed by atoms with E-state index in [4.69, 9.17) is 4.52 Å². The Morgan fingerprint density at radius 1 is 1.32 bits per heavy atom. The smallest absolute Gasteiger partial charge is 0.228 e. The molecule has 1 N–H and O–H groups in total. The molecule has 0 bridgehead atoms. The minimum atomic E-state index is -0.915. The van der Waals surface area contributed by atoms with Crippen molar-refractivity contribution in [1.29, 1.82) is 0 Å². The van der Waals surface area contributed by atoms with Crippen LogP contribution in [0.1, 0.15) is 18.7 Å². The zero-order valence-electron chi connectivity index (χ0n) is 10.2. The lowest BCUT2D eigenvalue weighted by Gasteiger charge is -2.04. The van der Waals surface area contributed by atoms with Gasteiger partial charge in [0, 0.05) is 18.0 Å². The molecule has 1 fully saturated rings. The maximum Gasteiger partial charge on any atom is 0.228 e. The first-order valence-electron chi connectivity index (χ1n) is 6.24. The van der Waals surface area contributed by atoms with Gasteiger partial charge in [0.05, 0.1) is 0 Å². The van der Waals surface area contributed by atoms with Gasteiger partial charge in [-0.1, -0.05) is 5.16 Å². The van der Waals surface area contributed by atoms with Crippen LogP contribution in [0.4, 0.5) is 8.78 Å². The first kappa shape index (κ1) is 12.2. The number of aromatic nitrogens is 2. The van der Waals surface area contributed by atoms with Gasteiger partial charge in [-0.15, -0.1) is 0 Å². The number of nitrogens with one attached hydrogen (secondary N) is 1. The van der Waals surface area contributed by atoms with E-state index in [2.05, 4.69) is 15.5 Å². The lowest BCUT2D eigenvalue weighted by molar-refractivity contribution is 0.364. The van der Waals surface area contributed by atoms with Gasteiger partial charge in [0.25, 0.3) is 0 Å². The quantitative estimate of drug-likeness (QED) is 0.925. The van der Waals surface area contributed by atoms with Gasteiger partial charge in [0.15, 0.2) is 11.6 Å². The van der Waals surface area contributed by atoms with Gasteiger partial charge >= 0.3 is 0 Å². The second-order valence-electron chi connectivity index (χ2n) is 4.64. The molecule has 4 nitrogen and oxygen atoms in total. The Labute approximate surface area is 108 Å². The normalized spacial score (nSPS) is 18.9. The predicted molar refractivity (Wildman–Crippen MR) is 64.4 cm³/mol. The molecule has 1 aromatic carbocycles. The van der Waals surface area contributed by atoms with Crippen LogP contribution < -0.4 is 5.32 Å². The summed E-state index contributed by atoms with van der Waals surface area (Å²) in [6.07, 6.45) is 2.90. The fourth-order valence-corrected chi connectivity index (χ4v) is 2.23. The molecule has 1 saturated heterocycles. The highest BCUT2D eigenvalue weighted by atomic mass is 19.2. The van der Waals surface area contributed by atoms with Crippen LogP contribution in [0.25, 0.3) is 11.4 Å². The summed E-state index contributed by atoms with van der Waals surface area (Å²) in [5, 5.41) is 7.13. The van der Waals surface area contributed by atoms with Crippen molar-refractivity contribution in [3.8, 4) is 11.4 Å². The fourth-order valence-electron chi connectivity index (χ4n) is 2.23. The van der Waals surface area contributed by atoms with Crippen LogP contribution in [0.3, 0.4) is 0 Å². The Bertz CT molecular complexity index is 579. The summed E-state index contributed by atoms with van der Waals surface area (Å²) in [6, 6.07) is 3.91. The highest BCUT2D eigenvalue weighted by Crippen LogP contribution is 2.19. The number of nitrogens with zero attached hydrogens (tertiary/aromatic N) is 2. The summed E-state index contributed by atoms with van der Waals surface area (Å²) in [6.45, 7) is 1.01. The molecule has 100 valence electrons. The fraction of sp³-hybridized carbons (Fsp3) is 0.385. The maximum atomic E-state index is 13.1. The largest absolute Gasteiger partial charge is 0.339 e. The van der Waals surface area contributed by atoms with Crippen molar-refractivity contribution in [2.75, 3.05) is 6.54 Å². The zero-order valence-corrected chi connectivity index (χ0v) is 10.2. The van der Waals surface area contributed by atoms with Crippen molar-refractivity contribution >= 4 is 0 Å². The van der Waals surface area contributed by atoms with E-state index < -0.39 is 11.6 Å². The molecule has 0 aliphatic carbocycles. The Morgan fingerprint density at radius 3 is 2.95 bits per heavy atom. The Kier molecular flexibility index (Phi) is 3.25. The second kappa shape index (κ2) is 5.05. The maximum absolute atomic E-state index is 13.1. The summed E-state index contributed by atoms with van der Waals surface area (Å²) in [5.41, 5.74) is 0.410. The highest BCUT2D eigenvalue weighted by Gasteiger charge is 2.18. The SMILES string of the molecule is Fc1ccc(-c2noc(CC3CCCN3)n2)cc1F. The van der Waals surface area contributed by atoms with Crippen LogP contribution in [0.2, 0.25) is 0 Å². The van der Waals surface area contributed by atoms with Crippen molar-refractivity contribution in [2.45, 2.75) is 25.3 Å². The van der Waals surface area contributed by atoms with E-state index in [9.17, 15) is 8.78 Å². The van der Waals surface area contributed by atoms with E-state index in [0.29, 0.717) is 23.9 Å². The standard InChI is InChI=1S/C13H13F2N3O/c14-10-4-3-8(6-11(10)15)13-17-12(19-18-13)7-9-2-1-5-16-9/h3-4,6,9,16H,1-2,5,7H2. The summed E-state index contributed by atoms with van der Waals surface area (Å²) >= 11 is 0. The van der Waals surface area contributed by atoms with Gasteiger partial charge in [-0.2, -0.15) is 4.98 Å². The molecule has 2 heterocycles. The van der Waals surface area contributed by atoms with Crippen molar-refractivity contribution in [1.82, 2.24) is 15.5 Å². The van der Waals surface area contributed by atoms with Gasteiger partial charge in [-0.3, -0.25) is 0 Å². The van der Waals surface area contributed by atoms with Crippen LogP contribution in [0.5, 0.6) is 0 Å². The minimum Gasteiger partial charge on any atom is -0.339 e. The number of halogens is 2. The number of benzene rings is 1. The third-order valence-corrected chi connectivity index (χ3v) is 3.23. The third kappa shape index (κ3) is 2.63. The molecule has 1 unspecified atom stereocenters. The average Bonchev–Trinajstić information content (AvgIpc) is 3.05. The molecule has 0 spiro atoms. The van der Waals surface area contributed by atoms with E-state index in [-0.39, 0.29) is 5.82 Å². The lowest BCUT2D eigenvalue weighted by Crippen LogP contribution is -2.23. The molecule has 1 aliphatic rings. The molecule has 1 atom stereocenters. The van der Waals surface area contributed by atoms with Gasteiger partial charge in [0.2, 0.25) is 11.7 Å². The first-order valence-corrected chi connectivity index (χ1v) is 6.24. The van der Waals surface area contributed by atoms with Crippen LogP contribution in [0, 0.1) is 11.6 Å². The van der Waals surface area contributed by atoms with Gasteiger partial charge in [0.1, 0.15) is 0 Å². The molecule has 0 saturated carbocycles. The summed E-state index contributed by atoms with van der Waals surface area (Å²) in [4.78, 5) is 4.21. The Morgan fingerprint density at radius 2 is 2.21 bits per heavy atom. The monoisotopic (exact) mass is 265 g/mol. The lowest BCUT2D eigenvalue weighted by atomic mass is 10.1. The molecular weight excluding hydrogens is 252 g/mol.